The van der Waals surface area contributed by atoms with Gasteiger partial charge in [-0.25, -0.2) is 0 Å². The van der Waals surface area contributed by atoms with Crippen LogP contribution in [-0.2, 0) is 11.3 Å². The highest BCUT2D eigenvalue weighted by Crippen LogP contribution is 2.34. The van der Waals surface area contributed by atoms with Crippen molar-refractivity contribution < 1.29 is 19.2 Å². The normalized spacial score (nSPS) is 18.5. The fourth-order valence-corrected chi connectivity index (χ4v) is 2.76. The molecule has 7 heteroatoms. The van der Waals surface area contributed by atoms with Gasteiger partial charge in [-0.05, 0) is 19.1 Å². The Morgan fingerprint density at radius 1 is 1.12 bits per heavy atom. The first-order valence-corrected chi connectivity index (χ1v) is 7.87. The summed E-state index contributed by atoms with van der Waals surface area (Å²) in [6.45, 7) is 1.88. The number of ether oxygens (including phenoxy) is 2. The maximum atomic E-state index is 12.8. The van der Waals surface area contributed by atoms with Crippen molar-refractivity contribution in [3.05, 3.63) is 64.2 Å². The van der Waals surface area contributed by atoms with Gasteiger partial charge in [0.1, 0.15) is 6.10 Å². The van der Waals surface area contributed by atoms with Crippen LogP contribution >= 0.6 is 0 Å². The number of nitrogens with zero attached hydrogens (tertiary/aromatic N) is 2. The van der Waals surface area contributed by atoms with E-state index in [2.05, 4.69) is 0 Å². The van der Waals surface area contributed by atoms with E-state index in [-0.39, 0.29) is 18.1 Å². The number of rotatable bonds is 4. The molecule has 0 saturated carbocycles. The third-order valence-corrected chi connectivity index (χ3v) is 4.06. The first-order valence-electron chi connectivity index (χ1n) is 7.87. The van der Waals surface area contributed by atoms with Crippen LogP contribution in [0.25, 0.3) is 0 Å². The summed E-state index contributed by atoms with van der Waals surface area (Å²) in [4.78, 5) is 24.8. The lowest BCUT2D eigenvalue weighted by atomic mass is 10.1. The summed E-state index contributed by atoms with van der Waals surface area (Å²) in [6, 6.07) is 13.5. The molecule has 7 nitrogen and oxygen atoms in total. The van der Waals surface area contributed by atoms with Crippen molar-refractivity contribution >= 4 is 11.6 Å². The van der Waals surface area contributed by atoms with E-state index in [1.165, 1.54) is 11.0 Å². The van der Waals surface area contributed by atoms with Crippen LogP contribution in [-0.4, -0.2) is 35.0 Å². The van der Waals surface area contributed by atoms with Gasteiger partial charge >= 0.3 is 0 Å². The summed E-state index contributed by atoms with van der Waals surface area (Å²) in [5.41, 5.74) is 0.453. The lowest BCUT2D eigenvalue weighted by Crippen LogP contribution is -2.49. The smallest absolute Gasteiger partial charge is 0.274 e. The molecule has 0 aromatic heterocycles. The van der Waals surface area contributed by atoms with Gasteiger partial charge in [0.05, 0.1) is 11.5 Å². The van der Waals surface area contributed by atoms with E-state index in [9.17, 15) is 14.9 Å². The molecule has 130 valence electrons. The number of benzene rings is 2. The fraction of sp³-hybridized carbons (Fsp3) is 0.278. The first-order chi connectivity index (χ1) is 12.0. The zero-order chi connectivity index (χ0) is 18.0. The van der Waals surface area contributed by atoms with Gasteiger partial charge in [-0.15, -0.1) is 0 Å². The summed E-state index contributed by atoms with van der Waals surface area (Å²) >= 11 is 0. The average molecular weight is 342 g/mol. The summed E-state index contributed by atoms with van der Waals surface area (Å²) in [7, 11) is 1.59. The Morgan fingerprint density at radius 2 is 1.72 bits per heavy atom. The molecule has 0 bridgehead atoms. The van der Waals surface area contributed by atoms with Crippen LogP contribution in [0, 0.1) is 10.1 Å². The number of carbonyl (C=O) groups excluding carboxylic acids is 1. The highest BCUT2D eigenvalue weighted by molar-refractivity contribution is 5.82. The predicted octanol–water partition coefficient (Wildman–Crippen LogP) is 2.78. The molecule has 2 aromatic rings. The molecular formula is C18H18N2O5. The van der Waals surface area contributed by atoms with Crippen LogP contribution in [0.15, 0.2) is 48.5 Å². The number of hydrogen-bond acceptors (Lipinski definition) is 5. The van der Waals surface area contributed by atoms with E-state index >= 15 is 0 Å². The third-order valence-electron chi connectivity index (χ3n) is 4.06. The van der Waals surface area contributed by atoms with Crippen LogP contribution in [0.3, 0.4) is 0 Å². The molecule has 1 heterocycles. The second-order valence-electron chi connectivity index (χ2n) is 5.89. The van der Waals surface area contributed by atoms with E-state index in [4.69, 9.17) is 9.47 Å². The Bertz CT molecular complexity index is 808. The second kappa shape index (κ2) is 6.80. The van der Waals surface area contributed by atoms with Crippen molar-refractivity contribution in [2.45, 2.75) is 25.7 Å². The molecular weight excluding hydrogens is 324 g/mol. The van der Waals surface area contributed by atoms with E-state index in [0.717, 1.165) is 0 Å². The molecule has 0 radical (unpaired) electrons. The zero-order valence-electron chi connectivity index (χ0n) is 13.9. The number of amides is 1. The number of fused-ring (bicyclic) bond motifs is 1. The Hall–Kier alpha value is -3.09. The number of likely N-dealkylation sites (N-methyl/N-ethyl adjacent to an activating group) is 1. The van der Waals surface area contributed by atoms with Crippen LogP contribution in [0.5, 0.6) is 11.5 Å². The Labute approximate surface area is 144 Å². The Kier molecular flexibility index (Phi) is 4.56. The second-order valence-corrected chi connectivity index (χ2v) is 5.89. The van der Waals surface area contributed by atoms with Gasteiger partial charge in [-0.2, -0.15) is 0 Å². The number of hydrogen-bond donors (Lipinski definition) is 0. The van der Waals surface area contributed by atoms with Crippen LogP contribution in [0.1, 0.15) is 12.5 Å². The van der Waals surface area contributed by atoms with Crippen molar-refractivity contribution in [2.24, 2.45) is 0 Å². The quantitative estimate of drug-likeness (QED) is 0.630. The van der Waals surface area contributed by atoms with Gasteiger partial charge in [0, 0.05) is 18.7 Å². The van der Waals surface area contributed by atoms with Crippen molar-refractivity contribution in [2.75, 3.05) is 7.05 Å². The van der Waals surface area contributed by atoms with Gasteiger partial charge in [-0.3, -0.25) is 14.9 Å². The first kappa shape index (κ1) is 16.8. The van der Waals surface area contributed by atoms with Crippen LogP contribution < -0.4 is 9.47 Å². The van der Waals surface area contributed by atoms with Gasteiger partial charge in [0.15, 0.2) is 11.5 Å². The minimum atomic E-state index is -0.803. The number of carbonyl (C=O) groups is 1. The summed E-state index contributed by atoms with van der Waals surface area (Å²) in [6.07, 6.45) is -1.27. The lowest BCUT2D eigenvalue weighted by Gasteiger charge is -2.33. The lowest BCUT2D eigenvalue weighted by molar-refractivity contribution is -0.385. The molecule has 0 spiro atoms. The number of nitro groups is 1. The van der Waals surface area contributed by atoms with E-state index in [1.807, 2.05) is 6.07 Å². The molecule has 2 atom stereocenters. The zero-order valence-corrected chi connectivity index (χ0v) is 13.9. The molecule has 0 aliphatic carbocycles. The Balaban J connectivity index is 1.76. The van der Waals surface area contributed by atoms with E-state index in [0.29, 0.717) is 17.1 Å². The van der Waals surface area contributed by atoms with Crippen molar-refractivity contribution in [1.82, 2.24) is 4.90 Å². The summed E-state index contributed by atoms with van der Waals surface area (Å²) < 4.78 is 11.5. The van der Waals surface area contributed by atoms with E-state index < -0.39 is 17.1 Å². The highest BCUT2D eigenvalue weighted by atomic mass is 16.6. The van der Waals surface area contributed by atoms with Crippen LogP contribution in [0.2, 0.25) is 0 Å². The highest BCUT2D eigenvalue weighted by Gasteiger charge is 2.36. The SMILES string of the molecule is CC1Oc2ccccc2OC1C(=O)N(C)Cc1ccccc1[N+](=O)[O-]. The monoisotopic (exact) mass is 342 g/mol. The van der Waals surface area contributed by atoms with Crippen molar-refractivity contribution in [3.63, 3.8) is 0 Å². The summed E-state index contributed by atoms with van der Waals surface area (Å²) in [5.74, 6) is 0.818. The molecule has 1 amide bonds. The van der Waals surface area contributed by atoms with Gasteiger partial charge in [0.25, 0.3) is 11.6 Å². The molecule has 3 rings (SSSR count). The number of para-hydroxylation sites is 3. The topological polar surface area (TPSA) is 81.9 Å². The van der Waals surface area contributed by atoms with Crippen molar-refractivity contribution in [1.29, 1.82) is 0 Å². The molecule has 2 unspecified atom stereocenters. The minimum Gasteiger partial charge on any atom is -0.482 e. The van der Waals surface area contributed by atoms with Gasteiger partial charge < -0.3 is 14.4 Å². The Morgan fingerprint density at radius 3 is 2.40 bits per heavy atom. The van der Waals surface area contributed by atoms with Gasteiger partial charge in [0.2, 0.25) is 6.10 Å². The number of nitro benzene ring substituents is 1. The molecule has 1 aliphatic rings. The molecule has 0 saturated heterocycles. The minimum absolute atomic E-state index is 0.0126. The molecule has 0 N–H and O–H groups in total. The molecule has 25 heavy (non-hydrogen) atoms. The van der Waals surface area contributed by atoms with Gasteiger partial charge in [-0.1, -0.05) is 30.3 Å². The standard InChI is InChI=1S/C18H18N2O5/c1-12-17(25-16-10-6-5-9-15(16)24-12)18(21)19(2)11-13-7-3-4-8-14(13)20(22)23/h3-10,12,17H,11H2,1-2H3. The molecule has 0 fully saturated rings. The maximum Gasteiger partial charge on any atom is 0.274 e. The maximum absolute atomic E-state index is 12.8. The van der Waals surface area contributed by atoms with Crippen molar-refractivity contribution in [3.8, 4) is 11.5 Å². The fourth-order valence-electron chi connectivity index (χ4n) is 2.76. The summed E-state index contributed by atoms with van der Waals surface area (Å²) in [5, 5.41) is 11.1. The van der Waals surface area contributed by atoms with Crippen LogP contribution in [0.4, 0.5) is 5.69 Å². The van der Waals surface area contributed by atoms with E-state index in [1.54, 1.807) is 50.4 Å². The molecule has 2 aromatic carbocycles. The average Bonchev–Trinajstić information content (AvgIpc) is 2.60. The third kappa shape index (κ3) is 3.40. The molecule has 1 aliphatic heterocycles. The predicted molar refractivity (Wildman–Crippen MR) is 90.5 cm³/mol. The largest absolute Gasteiger partial charge is 0.482 e.